The van der Waals surface area contributed by atoms with Gasteiger partial charge in [-0.25, -0.2) is 0 Å². The maximum Gasteiger partial charge on any atom is 0.168 e. The monoisotopic (exact) mass is 307 g/mol. The van der Waals surface area contributed by atoms with Crippen LogP contribution in [0.4, 0.5) is 0 Å². The quantitative estimate of drug-likeness (QED) is 0.867. The summed E-state index contributed by atoms with van der Waals surface area (Å²) in [5.41, 5.74) is 1.95. The summed E-state index contributed by atoms with van der Waals surface area (Å²) in [5.74, 6) is 0.708. The predicted molar refractivity (Wildman–Crippen MR) is 81.1 cm³/mol. The van der Waals surface area contributed by atoms with E-state index in [9.17, 15) is 5.21 Å². The summed E-state index contributed by atoms with van der Waals surface area (Å²) in [6.07, 6.45) is 0. The maximum absolute atomic E-state index is 12.4. The third-order valence-electron chi connectivity index (χ3n) is 3.35. The molecule has 0 amide bonds. The van der Waals surface area contributed by atoms with Crippen LogP contribution in [0.5, 0.6) is 5.75 Å². The maximum atomic E-state index is 12.4. The van der Waals surface area contributed by atoms with Gasteiger partial charge in [-0.1, -0.05) is 41.6 Å². The van der Waals surface area contributed by atoms with Crippen LogP contribution in [-0.4, -0.2) is 7.11 Å². The van der Waals surface area contributed by atoms with E-state index in [1.165, 1.54) is 0 Å². The minimum Gasteiger partial charge on any atom is -0.633 e. The average Bonchev–Trinajstić information content (AvgIpc) is 2.46. The lowest BCUT2D eigenvalue weighted by Gasteiger charge is -2.36. The fourth-order valence-corrected chi connectivity index (χ4v) is 3.79. The molecule has 0 bridgehead atoms. The van der Waals surface area contributed by atoms with Crippen molar-refractivity contribution in [1.29, 1.82) is 0 Å². The fourth-order valence-electron chi connectivity index (χ4n) is 2.38. The van der Waals surface area contributed by atoms with Crippen LogP contribution in [0.15, 0.2) is 47.4 Å². The number of rotatable bonds is 2. The molecule has 0 aliphatic carbocycles. The SMILES string of the molecule is COc1ccc(Cl)cc1C1Sc2ccccc2C[NH+]1[O-]. The summed E-state index contributed by atoms with van der Waals surface area (Å²) in [6, 6.07) is 13.4. The summed E-state index contributed by atoms with van der Waals surface area (Å²) < 4.78 is 5.37. The number of fused-ring (bicyclic) bond motifs is 1. The van der Waals surface area contributed by atoms with Crippen molar-refractivity contribution >= 4 is 23.4 Å². The van der Waals surface area contributed by atoms with Crippen molar-refractivity contribution in [3.8, 4) is 5.75 Å². The zero-order valence-electron chi connectivity index (χ0n) is 10.9. The van der Waals surface area contributed by atoms with E-state index in [-0.39, 0.29) is 10.4 Å². The third-order valence-corrected chi connectivity index (χ3v) is 4.99. The number of ether oxygens (including phenoxy) is 1. The molecule has 2 unspecified atom stereocenters. The van der Waals surface area contributed by atoms with Crippen molar-refractivity contribution in [3.63, 3.8) is 0 Å². The average molecular weight is 308 g/mol. The molecule has 1 aliphatic heterocycles. The molecule has 20 heavy (non-hydrogen) atoms. The predicted octanol–water partition coefficient (Wildman–Crippen LogP) is 3.04. The normalized spacial score (nSPS) is 21.4. The van der Waals surface area contributed by atoms with E-state index in [2.05, 4.69) is 6.07 Å². The Kier molecular flexibility index (Phi) is 3.89. The first-order chi connectivity index (χ1) is 9.69. The van der Waals surface area contributed by atoms with Gasteiger partial charge in [-0.15, -0.1) is 0 Å². The van der Waals surface area contributed by atoms with Gasteiger partial charge < -0.3 is 15.0 Å². The van der Waals surface area contributed by atoms with E-state index >= 15 is 0 Å². The molecule has 0 fully saturated rings. The number of halogens is 1. The number of benzene rings is 2. The molecular formula is C15H14ClNO2S. The molecule has 3 nitrogen and oxygen atoms in total. The summed E-state index contributed by atoms with van der Waals surface area (Å²) in [6.45, 7) is 0.462. The van der Waals surface area contributed by atoms with Crippen LogP contribution in [0.3, 0.4) is 0 Å². The second-order valence-electron chi connectivity index (χ2n) is 4.63. The topological polar surface area (TPSA) is 36.7 Å². The second kappa shape index (κ2) is 5.66. The van der Waals surface area contributed by atoms with Crippen LogP contribution >= 0.6 is 23.4 Å². The number of nitrogens with one attached hydrogen (secondary N) is 1. The smallest absolute Gasteiger partial charge is 0.168 e. The summed E-state index contributed by atoms with van der Waals surface area (Å²) in [4.78, 5) is 1.15. The zero-order valence-corrected chi connectivity index (χ0v) is 12.5. The molecule has 0 aromatic heterocycles. The van der Waals surface area contributed by atoms with Crippen LogP contribution in [-0.2, 0) is 6.54 Å². The molecule has 2 aromatic rings. The van der Waals surface area contributed by atoms with Crippen molar-refractivity contribution in [2.45, 2.75) is 16.8 Å². The van der Waals surface area contributed by atoms with Gasteiger partial charge in [0.1, 0.15) is 12.3 Å². The molecular weight excluding hydrogens is 294 g/mol. The summed E-state index contributed by atoms with van der Waals surface area (Å²) in [7, 11) is 1.61. The van der Waals surface area contributed by atoms with E-state index in [1.54, 1.807) is 24.9 Å². The Morgan fingerprint density at radius 2 is 2.10 bits per heavy atom. The highest BCUT2D eigenvalue weighted by Gasteiger charge is 2.29. The summed E-state index contributed by atoms with van der Waals surface area (Å²) in [5, 5.41) is 13.0. The third kappa shape index (κ3) is 2.52. The lowest BCUT2D eigenvalue weighted by molar-refractivity contribution is -0.880. The molecule has 1 aliphatic rings. The van der Waals surface area contributed by atoms with E-state index in [0.29, 0.717) is 17.3 Å². The van der Waals surface area contributed by atoms with Crippen molar-refractivity contribution in [2.75, 3.05) is 7.11 Å². The van der Waals surface area contributed by atoms with Gasteiger partial charge in [0.2, 0.25) is 0 Å². The Morgan fingerprint density at radius 1 is 1.30 bits per heavy atom. The standard InChI is InChI=1S/C15H14ClNO2S/c1-19-13-7-6-11(16)8-12(13)15-17(18)9-10-4-2-3-5-14(10)20-15/h2-8,15,17H,9H2,1H3. The Hall–Kier alpha value is -1.20. The first-order valence-electron chi connectivity index (χ1n) is 6.30. The molecule has 1 N–H and O–H groups in total. The van der Waals surface area contributed by atoms with Crippen molar-refractivity contribution in [1.82, 2.24) is 0 Å². The lowest BCUT2D eigenvalue weighted by atomic mass is 10.1. The molecule has 0 saturated heterocycles. The first kappa shape index (κ1) is 13.8. The highest BCUT2D eigenvalue weighted by Crippen LogP contribution is 2.40. The van der Waals surface area contributed by atoms with E-state index in [4.69, 9.17) is 16.3 Å². The lowest BCUT2D eigenvalue weighted by Crippen LogP contribution is -3.06. The van der Waals surface area contributed by atoms with Crippen LogP contribution in [0.1, 0.15) is 16.5 Å². The number of hydrogen-bond acceptors (Lipinski definition) is 3. The van der Waals surface area contributed by atoms with Gasteiger partial charge in [0.25, 0.3) is 0 Å². The van der Waals surface area contributed by atoms with Crippen LogP contribution < -0.4 is 9.80 Å². The number of quaternary nitrogens is 1. The van der Waals surface area contributed by atoms with Gasteiger partial charge in [-0.2, -0.15) is 0 Å². The molecule has 5 heteroatoms. The van der Waals surface area contributed by atoms with Crippen LogP contribution in [0.25, 0.3) is 0 Å². The Morgan fingerprint density at radius 3 is 2.90 bits per heavy atom. The van der Waals surface area contributed by atoms with Crippen molar-refractivity contribution in [3.05, 3.63) is 63.8 Å². The number of methoxy groups -OCH3 is 1. The minimum atomic E-state index is -0.251. The number of hydrogen-bond donors (Lipinski definition) is 1. The largest absolute Gasteiger partial charge is 0.633 e. The molecule has 2 atom stereocenters. The van der Waals surface area contributed by atoms with Gasteiger partial charge in [0, 0.05) is 15.5 Å². The van der Waals surface area contributed by atoms with E-state index < -0.39 is 0 Å². The van der Waals surface area contributed by atoms with Crippen molar-refractivity contribution < 1.29 is 9.80 Å². The van der Waals surface area contributed by atoms with Gasteiger partial charge in [0.05, 0.1) is 12.7 Å². The Bertz CT molecular complexity index is 635. The molecule has 0 saturated carbocycles. The molecule has 2 aromatic carbocycles. The van der Waals surface area contributed by atoms with E-state index in [0.717, 1.165) is 16.0 Å². The molecule has 3 rings (SSSR count). The molecule has 1 heterocycles. The zero-order chi connectivity index (χ0) is 14.1. The van der Waals surface area contributed by atoms with Crippen LogP contribution in [0, 0.1) is 5.21 Å². The Labute approximate surface area is 127 Å². The highest BCUT2D eigenvalue weighted by molar-refractivity contribution is 7.99. The molecule has 0 spiro atoms. The highest BCUT2D eigenvalue weighted by atomic mass is 35.5. The van der Waals surface area contributed by atoms with Gasteiger partial charge in [-0.05, 0) is 24.3 Å². The molecule has 104 valence electrons. The minimum absolute atomic E-state index is 0.189. The first-order valence-corrected chi connectivity index (χ1v) is 7.55. The second-order valence-corrected chi connectivity index (χ2v) is 6.22. The van der Waals surface area contributed by atoms with Gasteiger partial charge in [0.15, 0.2) is 5.37 Å². The number of thioether (sulfide) groups is 1. The van der Waals surface area contributed by atoms with Crippen molar-refractivity contribution in [2.24, 2.45) is 0 Å². The Balaban J connectivity index is 2.01. The fraction of sp³-hybridized carbons (Fsp3) is 0.200. The number of hydroxylamine groups is 2. The molecule has 0 radical (unpaired) electrons. The van der Waals surface area contributed by atoms with Gasteiger partial charge >= 0.3 is 0 Å². The van der Waals surface area contributed by atoms with Crippen LogP contribution in [0.2, 0.25) is 5.02 Å². The van der Waals surface area contributed by atoms with Gasteiger partial charge in [-0.3, -0.25) is 0 Å². The summed E-state index contributed by atoms with van der Waals surface area (Å²) >= 11 is 7.63. The van der Waals surface area contributed by atoms with E-state index in [1.807, 2.05) is 30.3 Å².